The van der Waals surface area contributed by atoms with Gasteiger partial charge in [-0.05, 0) is 30.9 Å². The number of carbonyl (C=O) groups excluding carboxylic acids is 3. The van der Waals surface area contributed by atoms with Crippen molar-refractivity contribution in [3.8, 4) is 0 Å². The predicted molar refractivity (Wildman–Crippen MR) is 126 cm³/mol. The van der Waals surface area contributed by atoms with E-state index in [9.17, 15) is 19.5 Å². The number of carbonyl (C=O) groups is 3. The Labute approximate surface area is 201 Å². The van der Waals surface area contributed by atoms with Crippen LogP contribution in [0.5, 0.6) is 0 Å². The SMILES string of the molecule is CC[C@@H](CO)N1C(=O)[C@@H]2[C@H](C(=O)NC)[C@@H]3CC(C)C2(S3)C1C(=O)NCn1nnc2ccccc21. The maximum absolute atomic E-state index is 13.8. The minimum atomic E-state index is -0.781. The predicted octanol–water partition coefficient (Wildman–Crippen LogP) is 0.359. The second kappa shape index (κ2) is 8.53. The molecule has 34 heavy (non-hydrogen) atoms. The first kappa shape index (κ1) is 23.1. The zero-order chi connectivity index (χ0) is 24.2. The lowest BCUT2D eigenvalue weighted by Gasteiger charge is -2.39. The molecule has 1 aromatic carbocycles. The maximum Gasteiger partial charge on any atom is 0.245 e. The molecule has 3 saturated heterocycles. The van der Waals surface area contributed by atoms with Crippen LogP contribution in [0.15, 0.2) is 24.3 Å². The van der Waals surface area contributed by atoms with Crippen LogP contribution in [0.2, 0.25) is 0 Å². The van der Waals surface area contributed by atoms with Gasteiger partial charge in [0, 0.05) is 12.3 Å². The second-order valence-corrected chi connectivity index (χ2v) is 11.0. The van der Waals surface area contributed by atoms with E-state index in [4.69, 9.17) is 0 Å². The third kappa shape index (κ3) is 3.09. The van der Waals surface area contributed by atoms with Gasteiger partial charge in [-0.2, -0.15) is 0 Å². The number of hydrogen-bond acceptors (Lipinski definition) is 7. The summed E-state index contributed by atoms with van der Waals surface area (Å²) < 4.78 is 0.902. The first-order valence-corrected chi connectivity index (χ1v) is 12.6. The van der Waals surface area contributed by atoms with Gasteiger partial charge in [0.1, 0.15) is 18.2 Å². The van der Waals surface area contributed by atoms with Gasteiger partial charge in [0.15, 0.2) is 0 Å². The summed E-state index contributed by atoms with van der Waals surface area (Å²) in [6.07, 6.45) is 1.28. The lowest BCUT2D eigenvalue weighted by atomic mass is 9.66. The average molecular weight is 487 g/mol. The number of aliphatic hydroxyl groups is 1. The number of aliphatic hydroxyl groups excluding tert-OH is 1. The van der Waals surface area contributed by atoms with Crippen molar-refractivity contribution in [2.45, 2.75) is 55.4 Å². The highest BCUT2D eigenvalue weighted by molar-refractivity contribution is 8.02. The molecular formula is C23H30N6O4S. The number of amides is 3. The van der Waals surface area contributed by atoms with Crippen molar-refractivity contribution >= 4 is 40.5 Å². The summed E-state index contributed by atoms with van der Waals surface area (Å²) in [5.74, 6) is -1.65. The highest BCUT2D eigenvalue weighted by Crippen LogP contribution is 2.68. The molecule has 11 heteroatoms. The molecule has 7 atom stereocenters. The van der Waals surface area contributed by atoms with E-state index in [0.717, 1.165) is 17.5 Å². The van der Waals surface area contributed by atoms with Gasteiger partial charge in [0.2, 0.25) is 17.7 Å². The Balaban J connectivity index is 1.50. The number of nitrogens with zero attached hydrogens (tertiary/aromatic N) is 4. The summed E-state index contributed by atoms with van der Waals surface area (Å²) in [7, 11) is 1.58. The van der Waals surface area contributed by atoms with Crippen molar-refractivity contribution in [3.05, 3.63) is 24.3 Å². The smallest absolute Gasteiger partial charge is 0.245 e. The number of likely N-dealkylation sites (tertiary alicyclic amines) is 1. The van der Waals surface area contributed by atoms with Crippen LogP contribution >= 0.6 is 11.8 Å². The quantitative estimate of drug-likeness (QED) is 0.515. The molecule has 3 aliphatic heterocycles. The molecule has 0 radical (unpaired) electrons. The number of hydrogen-bond donors (Lipinski definition) is 3. The summed E-state index contributed by atoms with van der Waals surface area (Å²) in [6.45, 7) is 3.83. The normalized spacial score (nSPS) is 32.8. The summed E-state index contributed by atoms with van der Waals surface area (Å²) in [5, 5.41) is 24.1. The first-order chi connectivity index (χ1) is 16.4. The number of para-hydroxylation sites is 1. The Morgan fingerprint density at radius 1 is 1.32 bits per heavy atom. The molecule has 1 aromatic heterocycles. The Morgan fingerprint density at radius 2 is 2.09 bits per heavy atom. The van der Waals surface area contributed by atoms with E-state index in [1.54, 1.807) is 28.4 Å². The molecule has 3 unspecified atom stereocenters. The molecule has 3 N–H and O–H groups in total. The molecule has 3 amide bonds. The summed E-state index contributed by atoms with van der Waals surface area (Å²) in [4.78, 5) is 42.1. The fourth-order valence-corrected chi connectivity index (χ4v) is 8.72. The largest absolute Gasteiger partial charge is 0.394 e. The van der Waals surface area contributed by atoms with Gasteiger partial charge in [-0.15, -0.1) is 16.9 Å². The molecular weight excluding hydrogens is 456 g/mol. The van der Waals surface area contributed by atoms with Crippen LogP contribution in [0.3, 0.4) is 0 Å². The van der Waals surface area contributed by atoms with Crippen molar-refractivity contribution in [1.82, 2.24) is 30.5 Å². The van der Waals surface area contributed by atoms with Crippen molar-refractivity contribution in [3.63, 3.8) is 0 Å². The molecule has 1 spiro atoms. The Morgan fingerprint density at radius 3 is 2.79 bits per heavy atom. The Kier molecular flexibility index (Phi) is 5.79. The van der Waals surface area contributed by atoms with E-state index in [-0.39, 0.29) is 42.2 Å². The van der Waals surface area contributed by atoms with Gasteiger partial charge in [-0.25, -0.2) is 4.68 Å². The van der Waals surface area contributed by atoms with E-state index < -0.39 is 28.7 Å². The molecule has 182 valence electrons. The van der Waals surface area contributed by atoms with Crippen LogP contribution in [0.1, 0.15) is 26.7 Å². The van der Waals surface area contributed by atoms with Gasteiger partial charge < -0.3 is 20.6 Å². The van der Waals surface area contributed by atoms with E-state index in [2.05, 4.69) is 27.9 Å². The van der Waals surface area contributed by atoms with Gasteiger partial charge in [0.05, 0.1) is 34.7 Å². The maximum atomic E-state index is 13.8. The van der Waals surface area contributed by atoms with Crippen molar-refractivity contribution in [2.24, 2.45) is 17.8 Å². The van der Waals surface area contributed by atoms with Crippen molar-refractivity contribution < 1.29 is 19.5 Å². The zero-order valence-electron chi connectivity index (χ0n) is 19.5. The lowest BCUT2D eigenvalue weighted by Crippen LogP contribution is -2.58. The Bertz CT molecular complexity index is 1140. The third-order valence-electron chi connectivity index (χ3n) is 7.88. The van der Waals surface area contributed by atoms with E-state index >= 15 is 0 Å². The zero-order valence-corrected chi connectivity index (χ0v) is 20.3. The number of nitrogens with one attached hydrogen (secondary N) is 2. The first-order valence-electron chi connectivity index (χ1n) is 11.8. The number of aromatic nitrogens is 3. The molecule has 5 rings (SSSR count). The molecule has 0 saturated carbocycles. The number of thioether (sulfide) groups is 1. The van der Waals surface area contributed by atoms with Gasteiger partial charge in [0.25, 0.3) is 0 Å². The monoisotopic (exact) mass is 486 g/mol. The van der Waals surface area contributed by atoms with Crippen LogP contribution in [0.4, 0.5) is 0 Å². The topological polar surface area (TPSA) is 129 Å². The molecule has 10 nitrogen and oxygen atoms in total. The second-order valence-electron chi connectivity index (χ2n) is 9.43. The summed E-state index contributed by atoms with van der Waals surface area (Å²) >= 11 is 1.62. The third-order valence-corrected chi connectivity index (χ3v) is 9.96. The van der Waals surface area contributed by atoms with E-state index in [0.29, 0.717) is 6.42 Å². The Hall–Kier alpha value is -2.66. The van der Waals surface area contributed by atoms with Crippen molar-refractivity contribution in [1.29, 1.82) is 0 Å². The molecule has 4 heterocycles. The minimum Gasteiger partial charge on any atom is -0.394 e. The summed E-state index contributed by atoms with van der Waals surface area (Å²) in [6, 6.07) is 6.21. The van der Waals surface area contributed by atoms with Crippen LogP contribution in [-0.4, -0.2) is 78.5 Å². The average Bonchev–Trinajstić information content (AvgIpc) is 3.56. The van der Waals surface area contributed by atoms with Crippen LogP contribution in [0, 0.1) is 17.8 Å². The van der Waals surface area contributed by atoms with Crippen LogP contribution < -0.4 is 10.6 Å². The molecule has 0 aliphatic carbocycles. The highest BCUT2D eigenvalue weighted by Gasteiger charge is 2.76. The molecule has 3 aliphatic rings. The number of benzene rings is 1. The lowest BCUT2D eigenvalue weighted by molar-refractivity contribution is -0.142. The number of fused-ring (bicyclic) bond motifs is 2. The van der Waals surface area contributed by atoms with E-state index in [1.807, 2.05) is 31.2 Å². The number of rotatable bonds is 7. The fraction of sp³-hybridized carbons (Fsp3) is 0.609. The van der Waals surface area contributed by atoms with Crippen LogP contribution in [0.25, 0.3) is 11.0 Å². The standard InChI is InChI=1S/C23H30N6O4S/c1-4-13(10-30)29-19(21(32)25-11-28-15-8-6-5-7-14(15)26-27-28)23-12(2)9-16(34-23)17(20(31)24-3)18(23)22(29)33/h5-8,12-13,16-19,30H,4,9-11H2,1-3H3,(H,24,31)(H,25,32)/t12?,13-,16-,17+,18-,19?,23?/m0/s1. The summed E-state index contributed by atoms with van der Waals surface area (Å²) in [5.41, 5.74) is 1.52. The molecule has 2 aromatic rings. The minimum absolute atomic E-state index is 0.00480. The van der Waals surface area contributed by atoms with Gasteiger partial charge >= 0.3 is 0 Å². The van der Waals surface area contributed by atoms with Gasteiger partial charge in [-0.1, -0.05) is 31.2 Å². The van der Waals surface area contributed by atoms with Gasteiger partial charge in [-0.3, -0.25) is 14.4 Å². The molecule has 3 fully saturated rings. The highest BCUT2D eigenvalue weighted by atomic mass is 32.2. The van der Waals surface area contributed by atoms with Crippen molar-refractivity contribution in [2.75, 3.05) is 13.7 Å². The molecule has 2 bridgehead atoms. The van der Waals surface area contributed by atoms with E-state index in [1.165, 1.54) is 0 Å². The fourth-order valence-electron chi connectivity index (χ4n) is 6.32. The van der Waals surface area contributed by atoms with Crippen LogP contribution in [-0.2, 0) is 21.1 Å².